The molecule has 0 aliphatic rings. The molecule has 0 fully saturated rings. The van der Waals surface area contributed by atoms with Gasteiger partial charge in [0, 0.05) is 18.0 Å². The zero-order valence-corrected chi connectivity index (χ0v) is 10.4. The van der Waals surface area contributed by atoms with Gasteiger partial charge in [0.05, 0.1) is 5.54 Å². The Morgan fingerprint density at radius 3 is 2.29 bits per heavy atom. The van der Waals surface area contributed by atoms with Gasteiger partial charge in [0.25, 0.3) is 0 Å². The third-order valence-corrected chi connectivity index (χ3v) is 1.47. The highest BCUT2D eigenvalue weighted by Gasteiger charge is 2.05. The first kappa shape index (κ1) is 13.2. The van der Waals surface area contributed by atoms with Gasteiger partial charge in [0.2, 0.25) is 0 Å². The van der Waals surface area contributed by atoms with Crippen molar-refractivity contribution in [1.29, 1.82) is 0 Å². The Bertz CT molecular complexity index is 207. The summed E-state index contributed by atoms with van der Waals surface area (Å²) in [5.41, 5.74) is 1.13. The molecular formula is C12H24N2. The number of aliphatic imine (C=N–C) groups is 1. The molecule has 0 atom stereocenters. The Balaban J connectivity index is 4.39. The number of allylic oxidation sites excluding steroid dienone is 2. The van der Waals surface area contributed by atoms with E-state index < -0.39 is 0 Å². The Kier molecular flexibility index (Phi) is 5.51. The van der Waals surface area contributed by atoms with Crippen molar-refractivity contribution in [2.45, 2.75) is 59.5 Å². The molecule has 0 bridgehead atoms. The molecule has 2 nitrogen and oxygen atoms in total. The molecule has 82 valence electrons. The summed E-state index contributed by atoms with van der Waals surface area (Å²) in [4.78, 5) is 4.47. The molecule has 0 amide bonds. The van der Waals surface area contributed by atoms with Gasteiger partial charge in [-0.15, -0.1) is 0 Å². The van der Waals surface area contributed by atoms with Crippen molar-refractivity contribution in [2.24, 2.45) is 4.99 Å². The standard InChI is InChI=1S/C12H24N2/c1-7-8-11(14-10(2)3)9-13-12(4,5)6/h8-10,14H,7H2,1-6H3. The van der Waals surface area contributed by atoms with Crippen LogP contribution in [-0.2, 0) is 0 Å². The summed E-state index contributed by atoms with van der Waals surface area (Å²) in [6.45, 7) is 12.7. The number of hydrogen-bond acceptors (Lipinski definition) is 2. The van der Waals surface area contributed by atoms with Gasteiger partial charge in [0.1, 0.15) is 0 Å². The van der Waals surface area contributed by atoms with Crippen molar-refractivity contribution >= 4 is 6.21 Å². The number of nitrogens with one attached hydrogen (secondary N) is 1. The summed E-state index contributed by atoms with van der Waals surface area (Å²) >= 11 is 0. The highest BCUT2D eigenvalue weighted by molar-refractivity contribution is 5.78. The Hall–Kier alpha value is -0.790. The zero-order valence-electron chi connectivity index (χ0n) is 10.4. The van der Waals surface area contributed by atoms with Crippen LogP contribution in [0.25, 0.3) is 0 Å². The van der Waals surface area contributed by atoms with Crippen molar-refractivity contribution < 1.29 is 0 Å². The van der Waals surface area contributed by atoms with E-state index in [4.69, 9.17) is 0 Å². The lowest BCUT2D eigenvalue weighted by molar-refractivity contribution is 0.584. The van der Waals surface area contributed by atoms with Crippen molar-refractivity contribution in [1.82, 2.24) is 5.32 Å². The molecule has 0 aromatic carbocycles. The summed E-state index contributed by atoms with van der Waals surface area (Å²) in [5.74, 6) is 0. The molecule has 0 spiro atoms. The minimum Gasteiger partial charge on any atom is -0.382 e. The van der Waals surface area contributed by atoms with Crippen molar-refractivity contribution in [3.63, 3.8) is 0 Å². The largest absolute Gasteiger partial charge is 0.382 e. The predicted molar refractivity (Wildman–Crippen MR) is 64.9 cm³/mol. The van der Waals surface area contributed by atoms with Crippen LogP contribution in [0.1, 0.15) is 48.0 Å². The fourth-order valence-corrected chi connectivity index (χ4v) is 0.965. The van der Waals surface area contributed by atoms with Gasteiger partial charge in [-0.25, -0.2) is 0 Å². The molecule has 0 aromatic heterocycles. The minimum atomic E-state index is 0.00545. The van der Waals surface area contributed by atoms with E-state index in [1.165, 1.54) is 0 Å². The SMILES string of the molecule is CCC=C(C=NC(C)(C)C)NC(C)C. The Morgan fingerprint density at radius 1 is 1.36 bits per heavy atom. The van der Waals surface area contributed by atoms with E-state index in [0.29, 0.717) is 6.04 Å². The molecule has 0 heterocycles. The van der Waals surface area contributed by atoms with E-state index in [1.807, 2.05) is 6.21 Å². The van der Waals surface area contributed by atoms with E-state index >= 15 is 0 Å². The van der Waals surface area contributed by atoms with Crippen molar-refractivity contribution in [2.75, 3.05) is 0 Å². The van der Waals surface area contributed by atoms with Crippen molar-refractivity contribution in [3.8, 4) is 0 Å². The van der Waals surface area contributed by atoms with E-state index in [-0.39, 0.29) is 5.54 Å². The van der Waals surface area contributed by atoms with Crippen LogP contribution < -0.4 is 5.32 Å². The van der Waals surface area contributed by atoms with Crippen LogP contribution >= 0.6 is 0 Å². The third kappa shape index (κ3) is 7.84. The summed E-state index contributed by atoms with van der Waals surface area (Å²) in [6, 6.07) is 0.458. The summed E-state index contributed by atoms with van der Waals surface area (Å²) in [7, 11) is 0. The van der Waals surface area contributed by atoms with Gasteiger partial charge in [-0.1, -0.05) is 13.0 Å². The molecule has 0 rings (SSSR count). The second-order valence-electron chi connectivity index (χ2n) is 4.80. The maximum atomic E-state index is 4.47. The molecule has 2 heteroatoms. The molecule has 0 saturated heterocycles. The lowest BCUT2D eigenvalue weighted by atomic mass is 10.1. The van der Waals surface area contributed by atoms with Crippen LogP contribution in [0, 0.1) is 0 Å². The van der Waals surface area contributed by atoms with Gasteiger partial charge in [-0.3, -0.25) is 4.99 Å². The lowest BCUT2D eigenvalue weighted by Gasteiger charge is -2.14. The predicted octanol–water partition coefficient (Wildman–Crippen LogP) is 3.15. The van der Waals surface area contributed by atoms with Crippen LogP contribution in [0.5, 0.6) is 0 Å². The van der Waals surface area contributed by atoms with E-state index in [1.54, 1.807) is 0 Å². The minimum absolute atomic E-state index is 0.00545. The van der Waals surface area contributed by atoms with Crippen LogP contribution in [0.3, 0.4) is 0 Å². The molecule has 1 N–H and O–H groups in total. The lowest BCUT2D eigenvalue weighted by Crippen LogP contribution is -2.23. The normalized spacial score (nSPS) is 14.1. The first-order valence-corrected chi connectivity index (χ1v) is 5.37. The Morgan fingerprint density at radius 2 is 1.93 bits per heavy atom. The first-order valence-electron chi connectivity index (χ1n) is 5.37. The topological polar surface area (TPSA) is 24.4 Å². The Labute approximate surface area is 88.5 Å². The highest BCUT2D eigenvalue weighted by Crippen LogP contribution is 2.06. The molecular weight excluding hydrogens is 172 g/mol. The van der Waals surface area contributed by atoms with Crippen LogP contribution in [-0.4, -0.2) is 17.8 Å². The molecule has 0 aromatic rings. The van der Waals surface area contributed by atoms with Crippen LogP contribution in [0.2, 0.25) is 0 Å². The number of hydrogen-bond donors (Lipinski definition) is 1. The first-order chi connectivity index (χ1) is 6.35. The molecule has 0 aliphatic heterocycles. The zero-order chi connectivity index (χ0) is 11.2. The van der Waals surface area contributed by atoms with E-state index in [9.17, 15) is 0 Å². The monoisotopic (exact) mass is 196 g/mol. The molecule has 14 heavy (non-hydrogen) atoms. The van der Waals surface area contributed by atoms with Crippen LogP contribution in [0.15, 0.2) is 16.8 Å². The maximum absolute atomic E-state index is 4.47. The fraction of sp³-hybridized carbons (Fsp3) is 0.750. The second kappa shape index (κ2) is 5.84. The second-order valence-corrected chi connectivity index (χ2v) is 4.80. The van der Waals surface area contributed by atoms with Gasteiger partial charge < -0.3 is 5.32 Å². The summed E-state index contributed by atoms with van der Waals surface area (Å²) in [5, 5.41) is 3.37. The number of nitrogens with zero attached hydrogens (tertiary/aromatic N) is 1. The van der Waals surface area contributed by atoms with Gasteiger partial charge in [-0.05, 0) is 41.0 Å². The van der Waals surface area contributed by atoms with Crippen molar-refractivity contribution in [3.05, 3.63) is 11.8 Å². The summed E-state index contributed by atoms with van der Waals surface area (Å²) in [6.07, 6.45) is 5.13. The average molecular weight is 196 g/mol. The smallest absolute Gasteiger partial charge is 0.0524 e. The third-order valence-electron chi connectivity index (χ3n) is 1.47. The molecule has 0 aliphatic carbocycles. The van der Waals surface area contributed by atoms with E-state index in [2.05, 4.69) is 57.9 Å². The average Bonchev–Trinajstić information content (AvgIpc) is 1.98. The number of rotatable bonds is 4. The molecule has 0 saturated carbocycles. The van der Waals surface area contributed by atoms with E-state index in [0.717, 1.165) is 12.1 Å². The maximum Gasteiger partial charge on any atom is 0.0524 e. The molecule has 0 unspecified atom stereocenters. The van der Waals surface area contributed by atoms with Gasteiger partial charge in [0.15, 0.2) is 0 Å². The highest BCUT2D eigenvalue weighted by atomic mass is 14.9. The van der Waals surface area contributed by atoms with Gasteiger partial charge >= 0.3 is 0 Å². The summed E-state index contributed by atoms with van der Waals surface area (Å²) < 4.78 is 0. The van der Waals surface area contributed by atoms with Gasteiger partial charge in [-0.2, -0.15) is 0 Å². The molecule has 0 radical (unpaired) electrons. The fourth-order valence-electron chi connectivity index (χ4n) is 0.965. The quantitative estimate of drug-likeness (QED) is 0.686. The van der Waals surface area contributed by atoms with Crippen LogP contribution in [0.4, 0.5) is 0 Å².